The summed E-state index contributed by atoms with van der Waals surface area (Å²) in [6, 6.07) is 0. The third-order valence-electron chi connectivity index (χ3n) is 4.34. The molecule has 11 N–H and O–H groups in total. The predicted octanol–water partition coefficient (Wildman–Crippen LogP) is -15.5. The third-order valence-corrected chi connectivity index (χ3v) is 4.34. The molecule has 25 heteroatoms. The fraction of sp³-hybridized carbons (Fsp3) is 0.600. The molecule has 0 aromatic heterocycles. The molecule has 45 heavy (non-hydrogen) atoms. The standard InChI is InChI=1S/2C10H16N2O8.H3N.4Na.4H/c2*13-7(14)3-11(4-8(15)16)1-2-12(5-9(17)18)6-10(19)20;;;;;;;;;/h2*1-6H2,(H,13,14)(H,15,16)(H,17,18)(H,19,20);1H3;;;;;;;;/q;;;4*+1;4*-1. The summed E-state index contributed by atoms with van der Waals surface area (Å²) in [7, 11) is 0. The van der Waals surface area contributed by atoms with Crippen LogP contribution in [0.3, 0.4) is 0 Å². The van der Waals surface area contributed by atoms with Gasteiger partial charge in [0.05, 0.1) is 52.4 Å². The van der Waals surface area contributed by atoms with Gasteiger partial charge in [-0.2, -0.15) is 0 Å². The molecule has 0 aromatic rings. The second-order valence-corrected chi connectivity index (χ2v) is 7.99. The van der Waals surface area contributed by atoms with E-state index < -0.39 is 100 Å². The zero-order valence-corrected chi connectivity index (χ0v) is 33.8. The van der Waals surface area contributed by atoms with Crippen LogP contribution in [0.2, 0.25) is 0 Å². The third kappa shape index (κ3) is 43.6. The smallest absolute Gasteiger partial charge is 1.00 e. The van der Waals surface area contributed by atoms with Gasteiger partial charge in [-0.25, -0.2) is 0 Å². The van der Waals surface area contributed by atoms with Gasteiger partial charge in [-0.15, -0.1) is 0 Å². The quantitative estimate of drug-likeness (QED) is 0.0474. The number of nitrogens with zero attached hydrogens (tertiary/aromatic N) is 4. The number of rotatable bonds is 22. The average Bonchev–Trinajstić information content (AvgIpc) is 2.72. The Labute approximate surface area is 351 Å². The van der Waals surface area contributed by atoms with Crippen molar-refractivity contribution in [2.24, 2.45) is 0 Å². The molecule has 0 aromatic carbocycles. The summed E-state index contributed by atoms with van der Waals surface area (Å²) in [5.74, 6) is -9.82. The Morgan fingerprint density at radius 3 is 0.467 bits per heavy atom. The van der Waals surface area contributed by atoms with Gasteiger partial charge in [0.15, 0.2) is 0 Å². The van der Waals surface area contributed by atoms with Crippen molar-refractivity contribution in [3.63, 3.8) is 0 Å². The Kier molecular flexibility index (Phi) is 46.5. The van der Waals surface area contributed by atoms with Crippen LogP contribution in [0, 0.1) is 0 Å². The molecule has 0 saturated carbocycles. The number of carboxylic acid groups (broad SMARTS) is 8. The Bertz CT molecular complexity index is 746. The van der Waals surface area contributed by atoms with Gasteiger partial charge >= 0.3 is 166 Å². The summed E-state index contributed by atoms with van der Waals surface area (Å²) in [6.07, 6.45) is 0. The molecule has 0 heterocycles. The van der Waals surface area contributed by atoms with E-state index in [1.807, 2.05) is 0 Å². The maximum absolute atomic E-state index is 10.6. The first-order chi connectivity index (χ1) is 18.4. The van der Waals surface area contributed by atoms with Crippen molar-refractivity contribution in [3.05, 3.63) is 0 Å². The topological polar surface area (TPSA) is 346 Å². The van der Waals surface area contributed by atoms with Crippen LogP contribution in [0.4, 0.5) is 0 Å². The van der Waals surface area contributed by atoms with Crippen LogP contribution < -0.4 is 124 Å². The minimum Gasteiger partial charge on any atom is -1.00 e. The Balaban J connectivity index is -0.0000000553. The number of hydrogen-bond donors (Lipinski definition) is 9. The van der Waals surface area contributed by atoms with Crippen molar-refractivity contribution in [1.82, 2.24) is 25.8 Å². The summed E-state index contributed by atoms with van der Waals surface area (Å²) in [4.78, 5) is 88.7. The van der Waals surface area contributed by atoms with E-state index in [-0.39, 0.29) is 156 Å². The molecule has 0 spiro atoms. The molecule has 0 saturated heterocycles. The zero-order chi connectivity index (χ0) is 31.4. The molecule has 244 valence electrons. The van der Waals surface area contributed by atoms with Gasteiger partial charge in [-0.05, 0) is 0 Å². The van der Waals surface area contributed by atoms with Crippen molar-refractivity contribution in [1.29, 1.82) is 0 Å². The van der Waals surface area contributed by atoms with Crippen LogP contribution in [0.5, 0.6) is 0 Å². The first-order valence-electron chi connectivity index (χ1n) is 11.0. The van der Waals surface area contributed by atoms with Crippen molar-refractivity contribution >= 4 is 47.8 Å². The minimum absolute atomic E-state index is 0. The second-order valence-electron chi connectivity index (χ2n) is 7.99. The number of aliphatic carboxylic acids is 8. The Morgan fingerprint density at radius 1 is 0.311 bits per heavy atom. The predicted molar refractivity (Wildman–Crippen MR) is 136 cm³/mol. The van der Waals surface area contributed by atoms with Gasteiger partial charge in [0.25, 0.3) is 0 Å². The van der Waals surface area contributed by atoms with Gasteiger partial charge in [-0.1, -0.05) is 0 Å². The van der Waals surface area contributed by atoms with E-state index in [2.05, 4.69) is 0 Å². The molecule has 0 aliphatic rings. The number of carboxylic acids is 8. The molecule has 0 atom stereocenters. The van der Waals surface area contributed by atoms with Crippen LogP contribution in [-0.2, 0) is 38.4 Å². The van der Waals surface area contributed by atoms with E-state index in [1.54, 1.807) is 0 Å². The minimum atomic E-state index is -1.23. The normalized spacial score (nSPS) is 9.51. The summed E-state index contributed by atoms with van der Waals surface area (Å²) < 4.78 is 0. The summed E-state index contributed by atoms with van der Waals surface area (Å²) in [6.45, 7) is -4.50. The molecule has 21 nitrogen and oxygen atoms in total. The molecular weight excluding hydrogens is 658 g/mol. The second kappa shape index (κ2) is 34.9. The number of carbonyl (C=O) groups is 8. The van der Waals surface area contributed by atoms with Crippen molar-refractivity contribution < 1.29 is 203 Å². The van der Waals surface area contributed by atoms with Crippen molar-refractivity contribution in [3.8, 4) is 0 Å². The Morgan fingerprint density at radius 2 is 0.400 bits per heavy atom. The first kappa shape index (κ1) is 59.9. The van der Waals surface area contributed by atoms with Gasteiger partial charge < -0.3 is 52.7 Å². The van der Waals surface area contributed by atoms with Gasteiger partial charge in [0.2, 0.25) is 0 Å². The van der Waals surface area contributed by atoms with Gasteiger partial charge in [0, 0.05) is 26.2 Å². The molecule has 0 unspecified atom stereocenters. The van der Waals surface area contributed by atoms with Gasteiger partial charge in [0.1, 0.15) is 0 Å². The van der Waals surface area contributed by atoms with Crippen molar-refractivity contribution in [2.45, 2.75) is 0 Å². The largest absolute Gasteiger partial charge is 1.00 e. The summed E-state index contributed by atoms with van der Waals surface area (Å²) in [5, 5.41) is 68.9. The number of hydrogen-bond acceptors (Lipinski definition) is 13. The maximum Gasteiger partial charge on any atom is 1.00 e. The van der Waals surface area contributed by atoms with E-state index in [0.29, 0.717) is 0 Å². The first-order valence-corrected chi connectivity index (χ1v) is 11.0. The fourth-order valence-electron chi connectivity index (χ4n) is 2.95. The molecule has 0 fully saturated rings. The van der Waals surface area contributed by atoms with Crippen LogP contribution in [-0.4, -0.2) is 187 Å². The van der Waals surface area contributed by atoms with Gasteiger partial charge in [-0.3, -0.25) is 58.0 Å². The molecular formula is C20H39N5Na4O16. The average molecular weight is 698 g/mol. The summed E-state index contributed by atoms with van der Waals surface area (Å²) >= 11 is 0. The monoisotopic (exact) mass is 697 g/mol. The van der Waals surface area contributed by atoms with E-state index in [0.717, 1.165) is 19.6 Å². The van der Waals surface area contributed by atoms with E-state index >= 15 is 0 Å². The molecule has 0 aliphatic carbocycles. The Hall–Kier alpha value is -0.440. The van der Waals surface area contributed by atoms with E-state index in [1.165, 1.54) is 0 Å². The van der Waals surface area contributed by atoms with E-state index in [9.17, 15) is 38.4 Å². The maximum atomic E-state index is 10.6. The van der Waals surface area contributed by atoms with Crippen molar-refractivity contribution in [2.75, 3.05) is 78.5 Å². The molecule has 0 radical (unpaired) electrons. The SMILES string of the molecule is N.O=C(O)CN(CCN(CC(=O)O)CC(=O)O)CC(=O)O.O=C(O)CN(CCN(CC(=O)O)CC(=O)O)CC(=O)O.[H-].[H-].[H-].[H-].[Na+].[Na+].[Na+].[Na+]. The molecule has 0 rings (SSSR count). The fourth-order valence-corrected chi connectivity index (χ4v) is 2.95. The molecule has 0 amide bonds. The van der Waals surface area contributed by atoms with Crippen LogP contribution in [0.1, 0.15) is 5.71 Å². The zero-order valence-electron chi connectivity index (χ0n) is 29.8. The van der Waals surface area contributed by atoms with Crippen LogP contribution in [0.15, 0.2) is 0 Å². The molecule has 0 bridgehead atoms. The molecule has 0 aliphatic heterocycles. The summed E-state index contributed by atoms with van der Waals surface area (Å²) in [5.41, 5.74) is 0. The van der Waals surface area contributed by atoms with Crippen LogP contribution in [0.25, 0.3) is 0 Å². The van der Waals surface area contributed by atoms with E-state index in [4.69, 9.17) is 40.9 Å². The van der Waals surface area contributed by atoms with Crippen LogP contribution >= 0.6 is 0 Å².